The van der Waals surface area contributed by atoms with E-state index in [1.165, 1.54) is 4.90 Å². The molecule has 31 heavy (non-hydrogen) atoms. The summed E-state index contributed by atoms with van der Waals surface area (Å²) in [6.45, 7) is 0.0856. The van der Waals surface area contributed by atoms with Crippen molar-refractivity contribution in [1.29, 1.82) is 0 Å². The first-order valence-electron chi connectivity index (χ1n) is 10.3. The molecule has 0 saturated heterocycles. The van der Waals surface area contributed by atoms with Gasteiger partial charge in [0.25, 0.3) is 11.8 Å². The molecule has 2 heterocycles. The van der Waals surface area contributed by atoms with Crippen LogP contribution in [0.3, 0.4) is 0 Å². The van der Waals surface area contributed by atoms with Crippen molar-refractivity contribution in [1.82, 2.24) is 4.90 Å². The van der Waals surface area contributed by atoms with Crippen molar-refractivity contribution >= 4 is 23.4 Å². The predicted molar refractivity (Wildman–Crippen MR) is 112 cm³/mol. The Morgan fingerprint density at radius 1 is 1.00 bits per heavy atom. The van der Waals surface area contributed by atoms with Gasteiger partial charge >= 0.3 is 0 Å². The monoisotopic (exact) mass is 424 g/mol. The van der Waals surface area contributed by atoms with Crippen molar-refractivity contribution in [2.75, 3.05) is 31.2 Å². The number of imide groups is 1. The minimum Gasteiger partial charge on any atom is -0.485 e. The first-order valence-corrected chi connectivity index (χ1v) is 10.3. The number of benzene rings is 2. The van der Waals surface area contributed by atoms with Crippen LogP contribution in [0.15, 0.2) is 42.5 Å². The Labute approximate surface area is 179 Å². The number of ether oxygens (including phenoxy) is 1. The molecule has 0 unspecified atom stereocenters. The van der Waals surface area contributed by atoms with E-state index in [2.05, 4.69) is 0 Å². The zero-order valence-electron chi connectivity index (χ0n) is 17.0. The van der Waals surface area contributed by atoms with Gasteiger partial charge in [-0.1, -0.05) is 18.2 Å². The second-order valence-electron chi connectivity index (χ2n) is 7.57. The number of hydrogen-bond acceptors (Lipinski definition) is 6. The zero-order valence-corrected chi connectivity index (χ0v) is 17.0. The van der Waals surface area contributed by atoms with Gasteiger partial charge < -0.3 is 19.8 Å². The lowest BCUT2D eigenvalue weighted by molar-refractivity contribution is -0.118. The minimum atomic E-state index is -0.712. The van der Waals surface area contributed by atoms with E-state index in [9.17, 15) is 24.6 Å². The third kappa shape index (κ3) is 3.92. The van der Waals surface area contributed by atoms with Crippen LogP contribution in [0.2, 0.25) is 0 Å². The molecule has 2 aliphatic rings. The van der Waals surface area contributed by atoms with Gasteiger partial charge in [0.05, 0.1) is 30.0 Å². The summed E-state index contributed by atoms with van der Waals surface area (Å²) in [5.74, 6) is -0.173. The van der Waals surface area contributed by atoms with E-state index >= 15 is 0 Å². The molecule has 0 fully saturated rings. The highest BCUT2D eigenvalue weighted by molar-refractivity contribution is 6.21. The van der Waals surface area contributed by atoms with Gasteiger partial charge in [-0.3, -0.25) is 19.3 Å². The molecule has 0 atom stereocenters. The maximum absolute atomic E-state index is 12.8. The molecule has 0 saturated carbocycles. The van der Waals surface area contributed by atoms with Gasteiger partial charge in [-0.2, -0.15) is 0 Å². The Kier molecular flexibility index (Phi) is 6.01. The van der Waals surface area contributed by atoms with E-state index in [4.69, 9.17) is 4.74 Å². The lowest BCUT2D eigenvalue weighted by Crippen LogP contribution is -2.33. The first-order chi connectivity index (χ1) is 15.0. The smallest absolute Gasteiger partial charge is 0.261 e. The lowest BCUT2D eigenvalue weighted by atomic mass is 10.1. The van der Waals surface area contributed by atoms with Crippen LogP contribution in [0.5, 0.6) is 5.75 Å². The largest absolute Gasteiger partial charge is 0.485 e. The molecule has 0 aromatic heterocycles. The minimum absolute atomic E-state index is 0.0895. The standard InChI is InChI=1S/C23H24N2O6/c26-13-15(14-27)31-20-8-3-7-19-18(20)10-12-24(19)21(28)9-4-11-25-22(29)16-5-1-2-6-17(16)23(25)30/h1-3,5-8,15,26-27H,4,9-14H2. The van der Waals surface area contributed by atoms with Gasteiger partial charge in [0.1, 0.15) is 11.9 Å². The fourth-order valence-electron chi connectivity index (χ4n) is 4.05. The summed E-state index contributed by atoms with van der Waals surface area (Å²) in [5.41, 5.74) is 2.42. The van der Waals surface area contributed by atoms with Crippen LogP contribution in [0.25, 0.3) is 0 Å². The molecule has 2 aromatic carbocycles. The summed E-state index contributed by atoms with van der Waals surface area (Å²) in [7, 11) is 0. The number of carbonyl (C=O) groups is 3. The summed E-state index contributed by atoms with van der Waals surface area (Å²) in [6, 6.07) is 12.1. The van der Waals surface area contributed by atoms with Crippen molar-refractivity contribution in [3.8, 4) is 5.75 Å². The van der Waals surface area contributed by atoms with Crippen molar-refractivity contribution in [2.24, 2.45) is 0 Å². The van der Waals surface area contributed by atoms with Crippen LogP contribution >= 0.6 is 0 Å². The number of amides is 3. The van der Waals surface area contributed by atoms with Gasteiger partial charge in [-0.05, 0) is 37.1 Å². The van der Waals surface area contributed by atoms with Crippen molar-refractivity contribution in [2.45, 2.75) is 25.4 Å². The van der Waals surface area contributed by atoms with Crippen molar-refractivity contribution in [3.63, 3.8) is 0 Å². The first kappa shape index (κ1) is 21.0. The number of hydrogen-bond donors (Lipinski definition) is 2. The molecule has 8 nitrogen and oxygen atoms in total. The third-order valence-electron chi connectivity index (χ3n) is 5.64. The predicted octanol–water partition coefficient (Wildman–Crippen LogP) is 1.38. The molecule has 0 bridgehead atoms. The van der Waals surface area contributed by atoms with Gasteiger partial charge in [0.15, 0.2) is 0 Å². The number of carbonyl (C=O) groups excluding carboxylic acids is 3. The van der Waals surface area contributed by atoms with E-state index in [0.29, 0.717) is 36.3 Å². The number of aliphatic hydroxyl groups excluding tert-OH is 2. The fourth-order valence-corrected chi connectivity index (χ4v) is 4.05. The summed E-state index contributed by atoms with van der Waals surface area (Å²) in [5, 5.41) is 18.5. The molecule has 4 rings (SSSR count). The van der Waals surface area contributed by atoms with E-state index < -0.39 is 6.10 Å². The van der Waals surface area contributed by atoms with Crippen LogP contribution in [0.1, 0.15) is 39.1 Å². The average molecular weight is 424 g/mol. The average Bonchev–Trinajstić information content (AvgIpc) is 3.33. The Bertz CT molecular complexity index is 982. The van der Waals surface area contributed by atoms with Crippen LogP contribution in [0, 0.1) is 0 Å². The fraction of sp³-hybridized carbons (Fsp3) is 0.348. The number of fused-ring (bicyclic) bond motifs is 2. The van der Waals surface area contributed by atoms with E-state index in [1.54, 1.807) is 41.3 Å². The van der Waals surface area contributed by atoms with Crippen LogP contribution in [-0.2, 0) is 11.2 Å². The van der Waals surface area contributed by atoms with E-state index in [1.807, 2.05) is 6.07 Å². The van der Waals surface area contributed by atoms with E-state index in [-0.39, 0.29) is 43.9 Å². The molecule has 0 radical (unpaired) electrons. The topological polar surface area (TPSA) is 107 Å². The van der Waals surface area contributed by atoms with Gasteiger partial charge in [-0.25, -0.2) is 0 Å². The summed E-state index contributed by atoms with van der Waals surface area (Å²) < 4.78 is 5.67. The lowest BCUT2D eigenvalue weighted by Gasteiger charge is -2.20. The molecular weight excluding hydrogens is 400 g/mol. The molecule has 0 spiro atoms. The van der Waals surface area contributed by atoms with Gasteiger partial charge in [0, 0.05) is 25.1 Å². The Balaban J connectivity index is 1.37. The highest BCUT2D eigenvalue weighted by atomic mass is 16.5. The second-order valence-corrected chi connectivity index (χ2v) is 7.57. The van der Waals surface area contributed by atoms with Crippen LogP contribution < -0.4 is 9.64 Å². The third-order valence-corrected chi connectivity index (χ3v) is 5.64. The number of nitrogens with zero attached hydrogens (tertiary/aromatic N) is 2. The summed E-state index contributed by atoms with van der Waals surface area (Å²) >= 11 is 0. The quantitative estimate of drug-likeness (QED) is 0.620. The van der Waals surface area contributed by atoms with Gasteiger partial charge in [-0.15, -0.1) is 0 Å². The Morgan fingerprint density at radius 3 is 2.32 bits per heavy atom. The number of anilines is 1. The molecule has 2 N–H and O–H groups in total. The Hall–Kier alpha value is -3.23. The highest BCUT2D eigenvalue weighted by Crippen LogP contribution is 2.36. The number of rotatable bonds is 8. The van der Waals surface area contributed by atoms with Crippen LogP contribution in [-0.4, -0.2) is 65.2 Å². The molecule has 3 amide bonds. The molecular formula is C23H24N2O6. The van der Waals surface area contributed by atoms with Gasteiger partial charge in [0.2, 0.25) is 5.91 Å². The maximum Gasteiger partial charge on any atom is 0.261 e. The Morgan fingerprint density at radius 2 is 1.68 bits per heavy atom. The molecule has 2 aliphatic heterocycles. The molecule has 2 aromatic rings. The summed E-state index contributed by atoms with van der Waals surface area (Å²) in [4.78, 5) is 40.6. The molecule has 8 heteroatoms. The van der Waals surface area contributed by atoms with Crippen molar-refractivity contribution < 1.29 is 29.3 Å². The zero-order chi connectivity index (χ0) is 22.0. The highest BCUT2D eigenvalue weighted by Gasteiger charge is 2.35. The second kappa shape index (κ2) is 8.87. The van der Waals surface area contributed by atoms with Crippen LogP contribution in [0.4, 0.5) is 5.69 Å². The SMILES string of the molecule is O=C1c2ccccc2C(=O)N1CCCC(=O)N1CCc2c(OC(CO)CO)cccc21. The van der Waals surface area contributed by atoms with Crippen molar-refractivity contribution in [3.05, 3.63) is 59.2 Å². The maximum atomic E-state index is 12.8. The summed E-state index contributed by atoms with van der Waals surface area (Å²) in [6.07, 6.45) is 0.479. The number of aliphatic hydroxyl groups is 2. The van der Waals surface area contributed by atoms with E-state index in [0.717, 1.165) is 11.3 Å². The molecule has 162 valence electrons. The normalized spacial score (nSPS) is 14.9. The molecule has 0 aliphatic carbocycles.